The van der Waals surface area contributed by atoms with Crippen molar-refractivity contribution in [1.29, 1.82) is 0 Å². The number of benzene rings is 2. The molecule has 0 atom stereocenters. The van der Waals surface area contributed by atoms with E-state index >= 15 is 0 Å². The molecule has 2 aromatic carbocycles. The molecule has 0 saturated carbocycles. The molecule has 8 nitrogen and oxygen atoms in total. The van der Waals surface area contributed by atoms with E-state index in [-0.39, 0.29) is 29.2 Å². The lowest BCUT2D eigenvalue weighted by molar-refractivity contribution is 0.0137. The van der Waals surface area contributed by atoms with Gasteiger partial charge in [-0.2, -0.15) is 0 Å². The Bertz CT molecular complexity index is 1270. The molecule has 2 aliphatic rings. The Hall–Kier alpha value is -2.57. The van der Waals surface area contributed by atoms with Crippen molar-refractivity contribution in [1.82, 2.24) is 14.7 Å². The Morgan fingerprint density at radius 1 is 0.733 bits per heavy atom. The molecule has 12 heteroatoms. The van der Waals surface area contributed by atoms with Gasteiger partial charge in [0.2, 0.25) is 0 Å². The maximum atomic E-state index is 13.9. The average Bonchev–Trinajstić information content (AvgIpc) is 2.94. The molecular formula is C33H45Br2F2N3O5. The largest absolute Gasteiger partial charge is 0.444 e. The fraction of sp³-hybridized carbons (Fsp3) is 0.545. The molecule has 250 valence electrons. The molecule has 4 rings (SSSR count). The maximum absolute atomic E-state index is 13.9. The van der Waals surface area contributed by atoms with Crippen molar-refractivity contribution < 1.29 is 32.6 Å². The number of nitrogens with zero attached hydrogens (tertiary/aromatic N) is 3. The highest BCUT2D eigenvalue weighted by Gasteiger charge is 2.26. The summed E-state index contributed by atoms with van der Waals surface area (Å²) >= 11 is 6.33. The molecule has 0 aromatic heterocycles. The molecule has 45 heavy (non-hydrogen) atoms. The van der Waals surface area contributed by atoms with E-state index in [0.717, 1.165) is 43.5 Å². The van der Waals surface area contributed by atoms with Crippen LogP contribution in [0.4, 0.5) is 18.4 Å². The summed E-state index contributed by atoms with van der Waals surface area (Å²) in [4.78, 5) is 39.2. The minimum absolute atomic E-state index is 0.0863. The van der Waals surface area contributed by atoms with Gasteiger partial charge in [-0.3, -0.25) is 9.69 Å². The number of ether oxygens (including phenoxy) is 2. The molecule has 0 N–H and O–H groups in total. The van der Waals surface area contributed by atoms with Gasteiger partial charge in [0.25, 0.3) is 0 Å². The van der Waals surface area contributed by atoms with E-state index in [2.05, 4.69) is 36.8 Å². The van der Waals surface area contributed by atoms with Gasteiger partial charge in [0.1, 0.15) is 22.8 Å². The van der Waals surface area contributed by atoms with Crippen LogP contribution in [0, 0.1) is 11.6 Å². The lowest BCUT2D eigenvalue weighted by Gasteiger charge is -2.35. The van der Waals surface area contributed by atoms with Crippen molar-refractivity contribution in [2.75, 3.05) is 39.3 Å². The van der Waals surface area contributed by atoms with Gasteiger partial charge in [-0.1, -0.05) is 37.9 Å². The summed E-state index contributed by atoms with van der Waals surface area (Å²) in [5, 5.41) is 0. The zero-order valence-corrected chi connectivity index (χ0v) is 30.2. The van der Waals surface area contributed by atoms with Crippen LogP contribution in [0.3, 0.4) is 0 Å². The van der Waals surface area contributed by atoms with E-state index in [1.807, 2.05) is 47.6 Å². The van der Waals surface area contributed by atoms with Gasteiger partial charge in [0.05, 0.1) is 5.56 Å². The molecule has 0 spiro atoms. The third-order valence-corrected chi connectivity index (χ3v) is 7.52. The topological polar surface area (TPSA) is 79.4 Å². The highest BCUT2D eigenvalue weighted by Crippen LogP contribution is 2.19. The van der Waals surface area contributed by atoms with Gasteiger partial charge in [-0.25, -0.2) is 18.4 Å². The third-order valence-electron chi connectivity index (χ3n) is 6.53. The summed E-state index contributed by atoms with van der Waals surface area (Å²) in [7, 11) is 0. The second kappa shape index (κ2) is 17.9. The lowest BCUT2D eigenvalue weighted by atomic mass is 10.1. The zero-order chi connectivity index (χ0) is 33.8. The molecule has 2 saturated heterocycles. The van der Waals surface area contributed by atoms with Crippen LogP contribution in [0.5, 0.6) is 0 Å². The van der Waals surface area contributed by atoms with Crippen LogP contribution in [-0.4, -0.2) is 83.6 Å². The number of aldehydes is 1. The normalized spacial score (nSPS) is 15.6. The van der Waals surface area contributed by atoms with Gasteiger partial charge in [0.15, 0.2) is 6.29 Å². The minimum atomic E-state index is -0.496. The van der Waals surface area contributed by atoms with Crippen molar-refractivity contribution >= 4 is 50.3 Å². The summed E-state index contributed by atoms with van der Waals surface area (Å²) in [6, 6.07) is 9.41. The summed E-state index contributed by atoms with van der Waals surface area (Å²) in [5.41, 5.74) is -0.0827. The quantitative estimate of drug-likeness (QED) is 0.293. The lowest BCUT2D eigenvalue weighted by Crippen LogP contribution is -2.49. The molecule has 2 aliphatic heterocycles. The maximum Gasteiger partial charge on any atom is 0.410 e. The molecule has 0 bridgehead atoms. The van der Waals surface area contributed by atoms with Crippen molar-refractivity contribution in [2.24, 2.45) is 0 Å². The van der Waals surface area contributed by atoms with Crippen LogP contribution in [0.25, 0.3) is 0 Å². The number of carbonyl (C=O) groups is 3. The van der Waals surface area contributed by atoms with Gasteiger partial charge >= 0.3 is 12.2 Å². The van der Waals surface area contributed by atoms with Crippen molar-refractivity contribution in [3.8, 4) is 0 Å². The van der Waals surface area contributed by atoms with Gasteiger partial charge in [-0.15, -0.1) is 0 Å². The highest BCUT2D eigenvalue weighted by molar-refractivity contribution is 9.10. The Kier molecular flexibility index (Phi) is 15.4. The standard InChI is InChI=1S/C16H22BrFN2O2.C10H19NO2.C7H4BrFO/c1-16(2,3)22-15(21)20-8-6-19(7-9-20)11-12-4-5-13(17)10-14(12)18;1-10(2,3)13-9(12)11-7-5-4-6-8-11;8-6-2-1-5(4-10)7(9)3-6/h4-5,10H,6-9,11H2,1-3H3;4-8H2,1-3H3;1-4H. The molecular weight excluding hydrogens is 716 g/mol. The van der Waals surface area contributed by atoms with Crippen LogP contribution in [-0.2, 0) is 16.0 Å². The van der Waals surface area contributed by atoms with Crippen LogP contribution in [0.2, 0.25) is 0 Å². The van der Waals surface area contributed by atoms with E-state index < -0.39 is 11.4 Å². The van der Waals surface area contributed by atoms with Crippen molar-refractivity contribution in [2.45, 2.75) is 78.6 Å². The summed E-state index contributed by atoms with van der Waals surface area (Å²) < 4.78 is 38.4. The van der Waals surface area contributed by atoms with Crippen LogP contribution in [0.1, 0.15) is 76.7 Å². The molecule has 2 fully saturated rings. The smallest absolute Gasteiger partial charge is 0.410 e. The first-order valence-corrected chi connectivity index (χ1v) is 16.6. The number of carbonyl (C=O) groups excluding carboxylic acids is 3. The third kappa shape index (κ3) is 15.0. The number of hydrogen-bond acceptors (Lipinski definition) is 6. The number of hydrogen-bond donors (Lipinski definition) is 0. The first-order chi connectivity index (χ1) is 21.0. The second-order valence-electron chi connectivity index (χ2n) is 12.8. The average molecular weight is 762 g/mol. The predicted molar refractivity (Wildman–Crippen MR) is 178 cm³/mol. The monoisotopic (exact) mass is 759 g/mol. The first kappa shape index (κ1) is 38.6. The number of halogens is 4. The van der Waals surface area contributed by atoms with Crippen LogP contribution in [0.15, 0.2) is 45.3 Å². The fourth-order valence-electron chi connectivity index (χ4n) is 4.31. The van der Waals surface area contributed by atoms with Gasteiger partial charge in [-0.05, 0) is 91.1 Å². The van der Waals surface area contributed by atoms with E-state index in [1.54, 1.807) is 21.9 Å². The molecule has 2 aromatic rings. The molecule has 2 amide bonds. The Labute approximate surface area is 282 Å². The number of rotatable bonds is 3. The molecule has 0 aliphatic carbocycles. The SMILES string of the molecule is CC(C)(C)OC(=O)N1CCCCC1.CC(C)(C)OC(=O)N1CCN(Cc2ccc(Br)cc2F)CC1.O=Cc1ccc(Br)cc1F. The Balaban J connectivity index is 0.000000259. The summed E-state index contributed by atoms with van der Waals surface area (Å²) in [6.07, 6.45) is 3.51. The molecule has 0 radical (unpaired) electrons. The van der Waals surface area contributed by atoms with Crippen LogP contribution >= 0.6 is 31.9 Å². The predicted octanol–water partition coefficient (Wildman–Crippen LogP) is 8.45. The zero-order valence-electron chi connectivity index (χ0n) is 27.0. The van der Waals surface area contributed by atoms with Crippen molar-refractivity contribution in [3.63, 3.8) is 0 Å². The number of piperidine rings is 1. The summed E-state index contributed by atoms with van der Waals surface area (Å²) in [6.45, 7) is 16.2. The van der Waals surface area contributed by atoms with Gasteiger partial charge in [0, 0.05) is 60.3 Å². The van der Waals surface area contributed by atoms with Gasteiger partial charge < -0.3 is 19.3 Å². The fourth-order valence-corrected chi connectivity index (χ4v) is 4.97. The number of piperazine rings is 1. The number of likely N-dealkylation sites (tertiary alicyclic amines) is 1. The number of amides is 2. The van der Waals surface area contributed by atoms with E-state index in [9.17, 15) is 23.2 Å². The van der Waals surface area contributed by atoms with Crippen LogP contribution < -0.4 is 0 Å². The molecule has 0 unspecified atom stereocenters. The minimum Gasteiger partial charge on any atom is -0.444 e. The first-order valence-electron chi connectivity index (χ1n) is 15.0. The van der Waals surface area contributed by atoms with E-state index in [1.165, 1.54) is 24.6 Å². The van der Waals surface area contributed by atoms with Crippen molar-refractivity contribution in [3.05, 3.63) is 68.1 Å². The highest BCUT2D eigenvalue weighted by atomic mass is 79.9. The summed E-state index contributed by atoms with van der Waals surface area (Å²) in [5.74, 6) is -0.701. The molecule has 2 heterocycles. The Morgan fingerprint density at radius 2 is 1.20 bits per heavy atom. The second-order valence-corrected chi connectivity index (χ2v) is 14.6. The van der Waals surface area contributed by atoms with E-state index in [4.69, 9.17) is 9.47 Å². The van der Waals surface area contributed by atoms with E-state index in [0.29, 0.717) is 36.0 Å². The Morgan fingerprint density at radius 3 is 1.64 bits per heavy atom.